The number of rotatable bonds is 1. The lowest BCUT2D eigenvalue weighted by Crippen LogP contribution is -1.83. The fraction of sp³-hybridized carbons (Fsp3) is 0.125. The van der Waals surface area contributed by atoms with E-state index >= 15 is 0 Å². The maximum absolute atomic E-state index is 12.6. The summed E-state index contributed by atoms with van der Waals surface area (Å²) in [5, 5.41) is 0. The van der Waals surface area contributed by atoms with E-state index in [0.29, 0.717) is 5.56 Å². The van der Waals surface area contributed by atoms with Crippen LogP contribution in [0.15, 0.2) is 24.3 Å². The first kappa shape index (κ1) is 6.76. The Morgan fingerprint density at radius 1 is 1.40 bits per heavy atom. The van der Waals surface area contributed by atoms with Crippen LogP contribution in [0.1, 0.15) is 5.56 Å². The highest BCUT2D eigenvalue weighted by molar-refractivity contribution is 5.18. The van der Waals surface area contributed by atoms with Gasteiger partial charge in [-0.25, -0.2) is 11.0 Å². The van der Waals surface area contributed by atoms with Crippen molar-refractivity contribution in [1.29, 1.82) is 0 Å². The first-order valence-corrected chi connectivity index (χ1v) is 2.91. The van der Waals surface area contributed by atoms with Crippen molar-refractivity contribution in [3.05, 3.63) is 47.1 Å². The van der Waals surface area contributed by atoms with E-state index in [1.807, 2.05) is 0 Å². The molecule has 1 aromatic rings. The van der Waals surface area contributed by atoms with Gasteiger partial charge in [-0.05, 0) is 12.1 Å². The zero-order valence-corrected chi connectivity index (χ0v) is 5.34. The van der Waals surface area contributed by atoms with Crippen molar-refractivity contribution in [3.8, 4) is 0 Å². The molecule has 0 aliphatic heterocycles. The van der Waals surface area contributed by atoms with Crippen LogP contribution in [0.5, 0.6) is 0 Å². The van der Waals surface area contributed by atoms with Crippen LogP contribution in [0.3, 0.4) is 0 Å². The van der Waals surface area contributed by atoms with Gasteiger partial charge in [-0.3, -0.25) is 0 Å². The highest BCUT2D eigenvalue weighted by atomic mass is 19.1. The number of halogens is 1. The number of hydrogen-bond acceptors (Lipinski definition) is 0. The third kappa shape index (κ3) is 1.32. The van der Waals surface area contributed by atoms with E-state index in [9.17, 15) is 4.39 Å². The molecule has 1 rings (SSSR count). The maximum atomic E-state index is 12.6. The Bertz CT molecular complexity index is 262. The van der Waals surface area contributed by atoms with E-state index in [1.54, 1.807) is 18.2 Å². The molecule has 0 aromatic heterocycles. The number of nitrogens with zero attached hydrogens (tertiary/aromatic N) is 1. The highest BCUT2D eigenvalue weighted by Gasteiger charge is 2.00. The standard InChI is InChI=1S/C8H6FN/c1-10-6-7-4-2-3-5-8(7)9/h2-5H,6H2. The zero-order chi connectivity index (χ0) is 7.40. The van der Waals surface area contributed by atoms with E-state index in [2.05, 4.69) is 4.85 Å². The zero-order valence-electron chi connectivity index (χ0n) is 5.34. The maximum Gasteiger partial charge on any atom is 0.242 e. The molecule has 0 N–H and O–H groups in total. The average Bonchev–Trinajstić information content (AvgIpc) is 1.94. The molecule has 1 aromatic carbocycles. The van der Waals surface area contributed by atoms with Crippen LogP contribution >= 0.6 is 0 Å². The molecule has 2 heteroatoms. The molecule has 1 nitrogen and oxygen atoms in total. The summed E-state index contributed by atoms with van der Waals surface area (Å²) < 4.78 is 12.6. The van der Waals surface area contributed by atoms with E-state index < -0.39 is 0 Å². The van der Waals surface area contributed by atoms with Crippen molar-refractivity contribution < 1.29 is 4.39 Å². The van der Waals surface area contributed by atoms with Gasteiger partial charge in [-0.15, -0.1) is 0 Å². The molecule has 0 saturated heterocycles. The Hall–Kier alpha value is -1.36. The molecule has 50 valence electrons. The predicted octanol–water partition coefficient (Wildman–Crippen LogP) is 2.24. The summed E-state index contributed by atoms with van der Waals surface area (Å²) in [7, 11) is 0. The molecule has 0 atom stereocenters. The van der Waals surface area contributed by atoms with E-state index in [-0.39, 0.29) is 12.4 Å². The van der Waals surface area contributed by atoms with Gasteiger partial charge in [0.2, 0.25) is 6.54 Å². The third-order valence-corrected chi connectivity index (χ3v) is 1.21. The summed E-state index contributed by atoms with van der Waals surface area (Å²) in [4.78, 5) is 3.08. The topological polar surface area (TPSA) is 4.36 Å². The van der Waals surface area contributed by atoms with Crippen LogP contribution in [0.2, 0.25) is 0 Å². The summed E-state index contributed by atoms with van der Waals surface area (Å²) in [6.07, 6.45) is 0. The molecule has 0 spiro atoms. The fourth-order valence-electron chi connectivity index (χ4n) is 0.712. The lowest BCUT2D eigenvalue weighted by Gasteiger charge is -1.91. The van der Waals surface area contributed by atoms with Crippen molar-refractivity contribution in [2.24, 2.45) is 0 Å². The summed E-state index contributed by atoms with van der Waals surface area (Å²) in [5.74, 6) is -0.293. The lowest BCUT2D eigenvalue weighted by molar-refractivity contribution is 0.614. The molecular formula is C8H6FN. The molecule has 10 heavy (non-hydrogen) atoms. The Balaban J connectivity index is 2.94. The van der Waals surface area contributed by atoms with Crippen molar-refractivity contribution >= 4 is 0 Å². The largest absolute Gasteiger partial charge is 0.312 e. The van der Waals surface area contributed by atoms with Crippen molar-refractivity contribution in [2.45, 2.75) is 6.54 Å². The smallest absolute Gasteiger partial charge is 0.242 e. The molecule has 0 aliphatic carbocycles. The van der Waals surface area contributed by atoms with Gasteiger partial charge < -0.3 is 4.85 Å². The number of hydrogen-bond donors (Lipinski definition) is 0. The Kier molecular flexibility index (Phi) is 2.01. The van der Waals surface area contributed by atoms with Crippen LogP contribution in [-0.2, 0) is 6.54 Å². The molecule has 0 fully saturated rings. The SMILES string of the molecule is [C-]#[N+]Cc1ccccc1F. The Morgan fingerprint density at radius 3 is 2.70 bits per heavy atom. The molecule has 0 heterocycles. The van der Waals surface area contributed by atoms with E-state index in [0.717, 1.165) is 0 Å². The molecular weight excluding hydrogens is 129 g/mol. The van der Waals surface area contributed by atoms with E-state index in [1.165, 1.54) is 6.07 Å². The first-order valence-electron chi connectivity index (χ1n) is 2.91. The summed E-state index contributed by atoms with van der Waals surface area (Å²) in [6, 6.07) is 6.32. The minimum atomic E-state index is -0.293. The molecule has 0 unspecified atom stereocenters. The average molecular weight is 135 g/mol. The highest BCUT2D eigenvalue weighted by Crippen LogP contribution is 2.06. The van der Waals surface area contributed by atoms with Crippen LogP contribution in [0.4, 0.5) is 4.39 Å². The first-order chi connectivity index (χ1) is 4.84. The number of benzene rings is 1. The van der Waals surface area contributed by atoms with Crippen molar-refractivity contribution in [3.63, 3.8) is 0 Å². The molecule has 0 aliphatic rings. The van der Waals surface area contributed by atoms with Gasteiger partial charge >= 0.3 is 0 Å². The van der Waals surface area contributed by atoms with Gasteiger partial charge in [-0.1, -0.05) is 12.1 Å². The second kappa shape index (κ2) is 2.98. The van der Waals surface area contributed by atoms with Gasteiger partial charge in [0.25, 0.3) is 0 Å². The van der Waals surface area contributed by atoms with Crippen molar-refractivity contribution in [1.82, 2.24) is 0 Å². The lowest BCUT2D eigenvalue weighted by atomic mass is 10.2. The normalized spacial score (nSPS) is 8.80. The fourth-order valence-corrected chi connectivity index (χ4v) is 0.712. The predicted molar refractivity (Wildman–Crippen MR) is 36.7 cm³/mol. The van der Waals surface area contributed by atoms with Crippen LogP contribution in [0.25, 0.3) is 4.85 Å². The second-order valence-corrected chi connectivity index (χ2v) is 1.91. The van der Waals surface area contributed by atoms with Gasteiger partial charge in [0.05, 0.1) is 5.56 Å². The van der Waals surface area contributed by atoms with Gasteiger partial charge in [0.15, 0.2) is 0 Å². The van der Waals surface area contributed by atoms with Gasteiger partial charge in [0, 0.05) is 0 Å². The van der Waals surface area contributed by atoms with Crippen LogP contribution in [-0.4, -0.2) is 0 Å². The third-order valence-electron chi connectivity index (χ3n) is 1.21. The molecule has 0 radical (unpaired) electrons. The molecule has 0 bridgehead atoms. The summed E-state index contributed by atoms with van der Waals surface area (Å²) in [6.45, 7) is 6.63. The van der Waals surface area contributed by atoms with Crippen LogP contribution in [0, 0.1) is 12.4 Å². The monoisotopic (exact) mass is 135 g/mol. The molecule has 0 saturated carbocycles. The van der Waals surface area contributed by atoms with E-state index in [4.69, 9.17) is 6.57 Å². The van der Waals surface area contributed by atoms with Gasteiger partial charge in [-0.2, -0.15) is 0 Å². The summed E-state index contributed by atoms with van der Waals surface area (Å²) in [5.41, 5.74) is 0.470. The minimum absolute atomic E-state index is 0.132. The van der Waals surface area contributed by atoms with Crippen molar-refractivity contribution in [2.75, 3.05) is 0 Å². The quantitative estimate of drug-likeness (QED) is 0.520. The van der Waals surface area contributed by atoms with Gasteiger partial charge in [0.1, 0.15) is 5.82 Å². The van der Waals surface area contributed by atoms with Crippen LogP contribution < -0.4 is 0 Å². The Morgan fingerprint density at radius 2 is 2.10 bits per heavy atom. The second-order valence-electron chi connectivity index (χ2n) is 1.91. The minimum Gasteiger partial charge on any atom is -0.312 e. The Labute approximate surface area is 58.9 Å². The summed E-state index contributed by atoms with van der Waals surface area (Å²) >= 11 is 0. The molecule has 0 amide bonds.